The standard InChI is InChI=1S/C27H37N3O2/c1-27(2,3)32-26(31)30(22-14-7-8-15-22)25-23(16-11-18-28-25)24-17-9-10-19-29(24)20-21-12-5-4-6-13-21/h4-6,11-13,16,18,22,24H,7-10,14-15,17,19-20H2,1-3H3/t24-/m1/s1. The van der Waals surface area contributed by atoms with Crippen LogP contribution in [0.3, 0.4) is 0 Å². The van der Waals surface area contributed by atoms with E-state index in [9.17, 15) is 4.79 Å². The van der Waals surface area contributed by atoms with Crippen molar-refractivity contribution in [1.29, 1.82) is 0 Å². The van der Waals surface area contributed by atoms with Crippen molar-refractivity contribution in [3.05, 3.63) is 59.8 Å². The van der Waals surface area contributed by atoms with Crippen LogP contribution >= 0.6 is 0 Å². The summed E-state index contributed by atoms with van der Waals surface area (Å²) < 4.78 is 5.86. The van der Waals surface area contributed by atoms with Crippen LogP contribution in [0.5, 0.6) is 0 Å². The van der Waals surface area contributed by atoms with Crippen molar-refractivity contribution >= 4 is 11.9 Å². The number of hydrogen-bond donors (Lipinski definition) is 0. The van der Waals surface area contributed by atoms with E-state index < -0.39 is 5.60 Å². The van der Waals surface area contributed by atoms with Crippen molar-refractivity contribution in [3.63, 3.8) is 0 Å². The third-order valence-corrected chi connectivity index (χ3v) is 6.53. The molecule has 172 valence electrons. The molecule has 5 heteroatoms. The average Bonchev–Trinajstić information content (AvgIpc) is 3.29. The molecule has 0 radical (unpaired) electrons. The molecule has 0 bridgehead atoms. The van der Waals surface area contributed by atoms with E-state index >= 15 is 0 Å². The van der Waals surface area contributed by atoms with Gasteiger partial charge in [0.05, 0.1) is 0 Å². The van der Waals surface area contributed by atoms with Crippen LogP contribution in [0.15, 0.2) is 48.7 Å². The summed E-state index contributed by atoms with van der Waals surface area (Å²) in [6.07, 6.45) is 9.34. The van der Waals surface area contributed by atoms with Crippen molar-refractivity contribution in [2.45, 2.75) is 89.9 Å². The first-order valence-corrected chi connectivity index (χ1v) is 12.2. The highest BCUT2D eigenvalue weighted by molar-refractivity contribution is 5.88. The molecule has 2 heterocycles. The number of nitrogens with zero attached hydrogens (tertiary/aromatic N) is 3. The van der Waals surface area contributed by atoms with Gasteiger partial charge in [-0.3, -0.25) is 9.80 Å². The largest absolute Gasteiger partial charge is 0.443 e. The average molecular weight is 436 g/mol. The predicted octanol–water partition coefficient (Wildman–Crippen LogP) is 6.49. The monoisotopic (exact) mass is 435 g/mol. The Morgan fingerprint density at radius 3 is 2.47 bits per heavy atom. The molecule has 5 nitrogen and oxygen atoms in total. The second kappa shape index (κ2) is 10.0. The lowest BCUT2D eigenvalue weighted by Crippen LogP contribution is -2.44. The number of amides is 1. The molecule has 1 amide bonds. The molecule has 0 N–H and O–H groups in total. The van der Waals surface area contributed by atoms with Gasteiger partial charge < -0.3 is 4.74 Å². The second-order valence-electron chi connectivity index (χ2n) is 10.2. The highest BCUT2D eigenvalue weighted by Crippen LogP contribution is 2.39. The Labute approximate surface area is 192 Å². The van der Waals surface area contributed by atoms with Gasteiger partial charge in [-0.25, -0.2) is 9.78 Å². The van der Waals surface area contributed by atoms with Crippen LogP contribution in [0.1, 0.15) is 82.9 Å². The fourth-order valence-electron chi connectivity index (χ4n) is 5.10. The number of aromatic nitrogens is 1. The van der Waals surface area contributed by atoms with Gasteiger partial charge in [0.15, 0.2) is 0 Å². The molecule has 1 saturated carbocycles. The van der Waals surface area contributed by atoms with Crippen LogP contribution < -0.4 is 4.90 Å². The van der Waals surface area contributed by atoms with Crippen LogP contribution in [0, 0.1) is 0 Å². The Hall–Kier alpha value is -2.40. The topological polar surface area (TPSA) is 45.7 Å². The minimum absolute atomic E-state index is 0.157. The van der Waals surface area contributed by atoms with Gasteiger partial charge in [0.1, 0.15) is 11.4 Å². The first-order chi connectivity index (χ1) is 15.4. The number of hydrogen-bond acceptors (Lipinski definition) is 4. The van der Waals surface area contributed by atoms with Crippen molar-refractivity contribution < 1.29 is 9.53 Å². The molecule has 32 heavy (non-hydrogen) atoms. The van der Waals surface area contributed by atoms with Crippen LogP contribution in [-0.2, 0) is 11.3 Å². The molecule has 1 aromatic heterocycles. The number of benzene rings is 1. The maximum Gasteiger partial charge on any atom is 0.416 e. The number of anilines is 1. The Bertz CT molecular complexity index is 887. The fraction of sp³-hybridized carbons (Fsp3) is 0.556. The van der Waals surface area contributed by atoms with E-state index in [-0.39, 0.29) is 18.2 Å². The van der Waals surface area contributed by atoms with Crippen LogP contribution in [-0.4, -0.2) is 34.2 Å². The minimum Gasteiger partial charge on any atom is -0.443 e. The van der Waals surface area contributed by atoms with Gasteiger partial charge >= 0.3 is 6.09 Å². The SMILES string of the molecule is CC(C)(C)OC(=O)N(c1ncccc1[C@H]1CCCCN1Cc1ccccc1)C1CCCC1. The number of piperidine rings is 1. The van der Waals surface area contributed by atoms with Crippen molar-refractivity contribution in [2.75, 3.05) is 11.4 Å². The van der Waals surface area contributed by atoms with E-state index in [1.54, 1.807) is 0 Å². The van der Waals surface area contributed by atoms with Gasteiger partial charge in [-0.15, -0.1) is 0 Å². The summed E-state index contributed by atoms with van der Waals surface area (Å²) in [7, 11) is 0. The van der Waals surface area contributed by atoms with Gasteiger partial charge in [-0.1, -0.05) is 55.7 Å². The molecule has 2 aromatic rings. The van der Waals surface area contributed by atoms with E-state index in [1.165, 1.54) is 18.4 Å². The highest BCUT2D eigenvalue weighted by atomic mass is 16.6. The Morgan fingerprint density at radius 2 is 1.75 bits per heavy atom. The van der Waals surface area contributed by atoms with E-state index in [1.807, 2.05) is 37.9 Å². The molecule has 1 atom stereocenters. The second-order valence-corrected chi connectivity index (χ2v) is 10.2. The van der Waals surface area contributed by atoms with Crippen molar-refractivity contribution in [2.24, 2.45) is 0 Å². The summed E-state index contributed by atoms with van der Waals surface area (Å²) in [5.41, 5.74) is 1.94. The Kier molecular flexibility index (Phi) is 7.14. The van der Waals surface area contributed by atoms with E-state index in [4.69, 9.17) is 9.72 Å². The molecule has 2 aliphatic rings. The van der Waals surface area contributed by atoms with Crippen molar-refractivity contribution in [1.82, 2.24) is 9.88 Å². The number of rotatable bonds is 5. The fourth-order valence-corrected chi connectivity index (χ4v) is 5.10. The summed E-state index contributed by atoms with van der Waals surface area (Å²) in [4.78, 5) is 22.6. The van der Waals surface area contributed by atoms with Crippen LogP contribution in [0.2, 0.25) is 0 Å². The van der Waals surface area contributed by atoms with Gasteiger partial charge in [0.25, 0.3) is 0 Å². The Morgan fingerprint density at radius 1 is 1.03 bits per heavy atom. The molecular weight excluding hydrogens is 398 g/mol. The quantitative estimate of drug-likeness (QED) is 0.538. The van der Waals surface area contributed by atoms with E-state index in [0.29, 0.717) is 0 Å². The van der Waals surface area contributed by atoms with Crippen LogP contribution in [0.4, 0.5) is 10.6 Å². The lowest BCUT2D eigenvalue weighted by atomic mass is 9.94. The lowest BCUT2D eigenvalue weighted by molar-refractivity contribution is 0.0563. The molecule has 0 spiro atoms. The number of carbonyl (C=O) groups is 1. The number of ether oxygens (including phenoxy) is 1. The molecule has 2 fully saturated rings. The smallest absolute Gasteiger partial charge is 0.416 e. The summed E-state index contributed by atoms with van der Waals surface area (Å²) in [6.45, 7) is 7.76. The van der Waals surface area contributed by atoms with Crippen molar-refractivity contribution in [3.8, 4) is 0 Å². The zero-order valence-corrected chi connectivity index (χ0v) is 19.8. The zero-order valence-electron chi connectivity index (χ0n) is 19.8. The summed E-state index contributed by atoms with van der Waals surface area (Å²) in [6, 6.07) is 15.3. The van der Waals surface area contributed by atoms with Gasteiger partial charge in [0, 0.05) is 30.4 Å². The van der Waals surface area contributed by atoms with Gasteiger partial charge in [0.2, 0.25) is 0 Å². The normalized spacial score (nSPS) is 20.3. The number of likely N-dealkylation sites (tertiary alicyclic amines) is 1. The first kappa shape index (κ1) is 22.8. The Balaban J connectivity index is 1.67. The summed E-state index contributed by atoms with van der Waals surface area (Å²) in [5.74, 6) is 0.790. The number of pyridine rings is 1. The van der Waals surface area contributed by atoms with E-state index in [0.717, 1.165) is 56.6 Å². The maximum atomic E-state index is 13.4. The minimum atomic E-state index is -0.535. The summed E-state index contributed by atoms with van der Waals surface area (Å²) in [5, 5.41) is 0. The van der Waals surface area contributed by atoms with Gasteiger partial charge in [-0.05, 0) is 64.6 Å². The maximum absolute atomic E-state index is 13.4. The predicted molar refractivity (Wildman–Crippen MR) is 129 cm³/mol. The third kappa shape index (κ3) is 5.50. The molecule has 1 saturated heterocycles. The number of carbonyl (C=O) groups excluding carboxylic acids is 1. The molecule has 1 aliphatic carbocycles. The molecule has 0 unspecified atom stereocenters. The highest BCUT2D eigenvalue weighted by Gasteiger charge is 2.36. The zero-order chi connectivity index (χ0) is 22.6. The summed E-state index contributed by atoms with van der Waals surface area (Å²) >= 11 is 0. The molecule has 1 aromatic carbocycles. The van der Waals surface area contributed by atoms with Gasteiger partial charge in [-0.2, -0.15) is 0 Å². The van der Waals surface area contributed by atoms with E-state index in [2.05, 4.69) is 41.3 Å². The van der Waals surface area contributed by atoms with Crippen LogP contribution in [0.25, 0.3) is 0 Å². The lowest BCUT2D eigenvalue weighted by Gasteiger charge is -2.39. The third-order valence-electron chi connectivity index (χ3n) is 6.53. The molecular formula is C27H37N3O2. The first-order valence-electron chi connectivity index (χ1n) is 12.2. The molecule has 1 aliphatic heterocycles. The molecule has 4 rings (SSSR count).